The number of hydrogen-bond donors (Lipinski definition) is 2. The van der Waals surface area contributed by atoms with Gasteiger partial charge in [-0.25, -0.2) is 9.67 Å². The molecule has 0 radical (unpaired) electrons. The number of nitrogens with zero attached hydrogens (tertiary/aromatic N) is 4. The summed E-state index contributed by atoms with van der Waals surface area (Å²) in [5, 5.41) is 14.6. The van der Waals surface area contributed by atoms with Crippen molar-refractivity contribution in [3.8, 4) is 11.4 Å². The summed E-state index contributed by atoms with van der Waals surface area (Å²) < 4.78 is 1.68. The third-order valence-electron chi connectivity index (χ3n) is 3.09. The zero-order chi connectivity index (χ0) is 14.7. The highest BCUT2D eigenvalue weighted by Gasteiger charge is 2.09. The molecule has 0 spiro atoms. The van der Waals surface area contributed by atoms with Crippen LogP contribution in [-0.2, 0) is 6.54 Å². The van der Waals surface area contributed by atoms with E-state index in [-0.39, 0.29) is 0 Å². The molecule has 2 heterocycles. The molecule has 6 heteroatoms. The van der Waals surface area contributed by atoms with Gasteiger partial charge in [-0.2, -0.15) is 10.2 Å². The van der Waals surface area contributed by atoms with Gasteiger partial charge < -0.3 is 5.32 Å². The van der Waals surface area contributed by atoms with Gasteiger partial charge in [0.1, 0.15) is 5.82 Å². The fourth-order valence-corrected chi connectivity index (χ4v) is 2.06. The number of nitrogens with one attached hydrogen (secondary N) is 2. The Morgan fingerprint density at radius 2 is 2.24 bits per heavy atom. The van der Waals surface area contributed by atoms with Crippen LogP contribution in [0, 0.1) is 6.92 Å². The van der Waals surface area contributed by atoms with Crippen molar-refractivity contribution >= 4 is 11.9 Å². The van der Waals surface area contributed by atoms with Crippen LogP contribution >= 0.6 is 0 Å². The van der Waals surface area contributed by atoms with E-state index in [1.54, 1.807) is 10.9 Å². The summed E-state index contributed by atoms with van der Waals surface area (Å²) in [6.45, 7) is 6.24. The first-order valence-electron chi connectivity index (χ1n) is 6.64. The maximum atomic E-state index is 4.38. The molecule has 106 valence electrons. The number of aromatic amines is 1. The van der Waals surface area contributed by atoms with Gasteiger partial charge in [-0.15, -0.1) is 0 Å². The lowest BCUT2D eigenvalue weighted by molar-refractivity contribution is 0.936. The predicted molar refractivity (Wildman–Crippen MR) is 82.5 cm³/mol. The minimum absolute atomic E-state index is 0.675. The molecular weight excluding hydrogens is 264 g/mol. The molecule has 3 rings (SSSR count). The van der Waals surface area contributed by atoms with Crippen molar-refractivity contribution in [1.82, 2.24) is 25.0 Å². The van der Waals surface area contributed by atoms with E-state index in [1.807, 2.05) is 43.6 Å². The minimum Gasteiger partial charge on any atom is -0.380 e. The third kappa shape index (κ3) is 2.84. The SMILES string of the molecule is C=Cn1cc(CNc2ccccc2-c2n[nH]c(C)n2)cn1. The second-order valence-electron chi connectivity index (χ2n) is 4.65. The molecule has 21 heavy (non-hydrogen) atoms. The molecule has 0 aliphatic rings. The Morgan fingerprint density at radius 1 is 1.38 bits per heavy atom. The Labute approximate surface area is 122 Å². The maximum absolute atomic E-state index is 4.38. The molecule has 0 bridgehead atoms. The summed E-state index contributed by atoms with van der Waals surface area (Å²) in [5.74, 6) is 1.49. The molecule has 0 aliphatic heterocycles. The van der Waals surface area contributed by atoms with Crippen molar-refractivity contribution in [2.24, 2.45) is 0 Å². The highest BCUT2D eigenvalue weighted by molar-refractivity contribution is 5.73. The summed E-state index contributed by atoms with van der Waals surface area (Å²) >= 11 is 0. The van der Waals surface area contributed by atoms with E-state index in [2.05, 4.69) is 32.2 Å². The maximum Gasteiger partial charge on any atom is 0.183 e. The van der Waals surface area contributed by atoms with E-state index in [0.29, 0.717) is 12.4 Å². The fourth-order valence-electron chi connectivity index (χ4n) is 2.06. The van der Waals surface area contributed by atoms with Crippen molar-refractivity contribution in [2.45, 2.75) is 13.5 Å². The number of hydrogen-bond acceptors (Lipinski definition) is 4. The summed E-state index contributed by atoms with van der Waals surface area (Å²) in [5.41, 5.74) is 3.04. The molecule has 0 saturated heterocycles. The van der Waals surface area contributed by atoms with Crippen molar-refractivity contribution in [2.75, 3.05) is 5.32 Å². The number of benzene rings is 1. The molecule has 2 N–H and O–H groups in total. The zero-order valence-electron chi connectivity index (χ0n) is 11.7. The second-order valence-corrected chi connectivity index (χ2v) is 4.65. The Bertz CT molecular complexity index is 755. The highest BCUT2D eigenvalue weighted by Crippen LogP contribution is 2.25. The summed E-state index contributed by atoms with van der Waals surface area (Å²) in [4.78, 5) is 4.38. The molecule has 0 fully saturated rings. The van der Waals surface area contributed by atoms with Gasteiger partial charge in [-0.1, -0.05) is 18.7 Å². The first kappa shape index (κ1) is 13.1. The number of aromatic nitrogens is 5. The molecule has 0 aliphatic carbocycles. The van der Waals surface area contributed by atoms with Gasteiger partial charge in [0.05, 0.1) is 6.20 Å². The van der Waals surface area contributed by atoms with Gasteiger partial charge in [0, 0.05) is 35.8 Å². The molecule has 2 aromatic heterocycles. The van der Waals surface area contributed by atoms with Gasteiger partial charge in [-0.05, 0) is 19.1 Å². The molecule has 1 aromatic carbocycles. The van der Waals surface area contributed by atoms with E-state index in [4.69, 9.17) is 0 Å². The minimum atomic E-state index is 0.675. The first-order valence-corrected chi connectivity index (χ1v) is 6.64. The van der Waals surface area contributed by atoms with Crippen LogP contribution in [0.2, 0.25) is 0 Å². The molecule has 3 aromatic rings. The zero-order valence-corrected chi connectivity index (χ0v) is 11.7. The van der Waals surface area contributed by atoms with Crippen LogP contribution in [0.4, 0.5) is 5.69 Å². The van der Waals surface area contributed by atoms with Crippen LogP contribution in [0.3, 0.4) is 0 Å². The fraction of sp³-hybridized carbons (Fsp3) is 0.133. The van der Waals surface area contributed by atoms with Gasteiger partial charge in [-0.3, -0.25) is 5.10 Å². The van der Waals surface area contributed by atoms with E-state index in [1.165, 1.54) is 0 Å². The van der Waals surface area contributed by atoms with Crippen LogP contribution in [0.1, 0.15) is 11.4 Å². The van der Waals surface area contributed by atoms with Crippen LogP contribution in [0.15, 0.2) is 43.2 Å². The van der Waals surface area contributed by atoms with Crippen molar-refractivity contribution in [3.63, 3.8) is 0 Å². The quantitative estimate of drug-likeness (QED) is 0.753. The average molecular weight is 280 g/mol. The average Bonchev–Trinajstić information content (AvgIpc) is 3.14. The van der Waals surface area contributed by atoms with Crippen molar-refractivity contribution in [1.29, 1.82) is 0 Å². The Kier molecular flexibility index (Phi) is 3.51. The van der Waals surface area contributed by atoms with Crippen LogP contribution in [0.25, 0.3) is 17.6 Å². The van der Waals surface area contributed by atoms with Gasteiger partial charge in [0.15, 0.2) is 5.82 Å². The Balaban J connectivity index is 1.80. The lowest BCUT2D eigenvalue weighted by atomic mass is 10.1. The number of aryl methyl sites for hydroxylation is 1. The number of H-pyrrole nitrogens is 1. The normalized spacial score (nSPS) is 10.5. The van der Waals surface area contributed by atoms with E-state index in [9.17, 15) is 0 Å². The lowest BCUT2D eigenvalue weighted by Crippen LogP contribution is -2.00. The third-order valence-corrected chi connectivity index (χ3v) is 3.09. The van der Waals surface area contributed by atoms with Crippen LogP contribution < -0.4 is 5.32 Å². The molecule has 0 saturated carbocycles. The van der Waals surface area contributed by atoms with Gasteiger partial charge in [0.25, 0.3) is 0 Å². The summed E-state index contributed by atoms with van der Waals surface area (Å²) in [7, 11) is 0. The van der Waals surface area contributed by atoms with Gasteiger partial charge in [0.2, 0.25) is 0 Å². The predicted octanol–water partition coefficient (Wildman–Crippen LogP) is 2.69. The topological polar surface area (TPSA) is 71.4 Å². The van der Waals surface area contributed by atoms with E-state index in [0.717, 1.165) is 22.6 Å². The first-order chi connectivity index (χ1) is 10.3. The number of rotatable bonds is 5. The van der Waals surface area contributed by atoms with Crippen molar-refractivity contribution in [3.05, 3.63) is 54.6 Å². The van der Waals surface area contributed by atoms with E-state index < -0.39 is 0 Å². The van der Waals surface area contributed by atoms with E-state index >= 15 is 0 Å². The second kappa shape index (κ2) is 5.62. The molecule has 0 unspecified atom stereocenters. The molecule has 0 atom stereocenters. The van der Waals surface area contributed by atoms with Crippen LogP contribution in [-0.4, -0.2) is 25.0 Å². The standard InChI is InChI=1S/C15H16N6/c1-3-21-10-12(9-17-21)8-16-14-7-5-4-6-13(14)15-18-11(2)19-20-15/h3-7,9-10,16H,1,8H2,2H3,(H,18,19,20). The van der Waals surface area contributed by atoms with Crippen molar-refractivity contribution < 1.29 is 0 Å². The molecule has 6 nitrogen and oxygen atoms in total. The van der Waals surface area contributed by atoms with Crippen LogP contribution in [0.5, 0.6) is 0 Å². The Morgan fingerprint density at radius 3 is 2.95 bits per heavy atom. The number of anilines is 1. The van der Waals surface area contributed by atoms with Gasteiger partial charge >= 0.3 is 0 Å². The summed E-state index contributed by atoms with van der Waals surface area (Å²) in [6, 6.07) is 7.97. The summed E-state index contributed by atoms with van der Waals surface area (Å²) in [6.07, 6.45) is 5.40. The molecule has 0 amide bonds. The highest BCUT2D eigenvalue weighted by atomic mass is 15.2. The smallest absolute Gasteiger partial charge is 0.183 e. The largest absolute Gasteiger partial charge is 0.380 e. The lowest BCUT2D eigenvalue weighted by Gasteiger charge is -2.08. The Hall–Kier alpha value is -2.89. The molecular formula is C15H16N6. The number of para-hydroxylation sites is 1. The monoisotopic (exact) mass is 280 g/mol.